The molecule has 3 aliphatic heterocycles. The molecule has 0 spiro atoms. The number of nitrogens with zero attached hydrogens (tertiary/aromatic N) is 1. The van der Waals surface area contributed by atoms with Crippen LogP contribution in [0.1, 0.15) is 29.9 Å². The van der Waals surface area contributed by atoms with Crippen LogP contribution in [0, 0.1) is 6.92 Å². The van der Waals surface area contributed by atoms with E-state index in [9.17, 15) is 0 Å². The first-order valence-electron chi connectivity index (χ1n) is 9.17. The summed E-state index contributed by atoms with van der Waals surface area (Å²) in [6.45, 7) is 5.76. The molecule has 0 saturated carbocycles. The van der Waals surface area contributed by atoms with E-state index in [0.29, 0.717) is 12.0 Å². The Labute approximate surface area is 148 Å². The van der Waals surface area contributed by atoms with Crippen LogP contribution in [0.3, 0.4) is 0 Å². The van der Waals surface area contributed by atoms with E-state index < -0.39 is 0 Å². The maximum absolute atomic E-state index is 3.63. The number of nitrogens with one attached hydrogen (secondary N) is 1. The topological polar surface area (TPSA) is 15.3 Å². The summed E-state index contributed by atoms with van der Waals surface area (Å²) >= 11 is 2.07. The Morgan fingerprint density at radius 3 is 3.04 bits per heavy atom. The first kappa shape index (κ1) is 14.9. The second-order valence-electron chi connectivity index (χ2n) is 7.29. The number of benzene rings is 2. The molecule has 3 aliphatic rings. The zero-order valence-electron chi connectivity index (χ0n) is 14.2. The van der Waals surface area contributed by atoms with Crippen LogP contribution in [0.4, 0.5) is 5.69 Å². The van der Waals surface area contributed by atoms with E-state index in [1.165, 1.54) is 53.3 Å². The van der Waals surface area contributed by atoms with Crippen molar-refractivity contribution in [3.8, 4) is 11.1 Å². The van der Waals surface area contributed by atoms with E-state index >= 15 is 0 Å². The van der Waals surface area contributed by atoms with Gasteiger partial charge in [0.1, 0.15) is 0 Å². The van der Waals surface area contributed by atoms with Gasteiger partial charge in [0.15, 0.2) is 0 Å². The van der Waals surface area contributed by atoms with E-state index in [4.69, 9.17) is 0 Å². The molecule has 5 rings (SSSR count). The molecule has 0 unspecified atom stereocenters. The molecule has 0 radical (unpaired) electrons. The minimum Gasteiger partial charge on any atom is -0.367 e. The molecule has 0 aliphatic carbocycles. The number of hydrogen-bond donors (Lipinski definition) is 1. The van der Waals surface area contributed by atoms with Gasteiger partial charge in [-0.2, -0.15) is 0 Å². The summed E-state index contributed by atoms with van der Waals surface area (Å²) in [4.78, 5) is 4.26. The molecule has 124 valence electrons. The highest BCUT2D eigenvalue weighted by molar-refractivity contribution is 7.99. The number of fused-ring (bicyclic) bond motifs is 3. The largest absolute Gasteiger partial charge is 0.367 e. The van der Waals surface area contributed by atoms with Crippen molar-refractivity contribution < 1.29 is 0 Å². The van der Waals surface area contributed by atoms with Gasteiger partial charge in [0.2, 0.25) is 0 Å². The average Bonchev–Trinajstić information content (AvgIpc) is 2.77. The van der Waals surface area contributed by atoms with Crippen LogP contribution in [0.2, 0.25) is 0 Å². The third-order valence-corrected chi connectivity index (χ3v) is 7.01. The summed E-state index contributed by atoms with van der Waals surface area (Å²) in [7, 11) is 0. The zero-order valence-corrected chi connectivity index (χ0v) is 15.0. The lowest BCUT2D eigenvalue weighted by Gasteiger charge is -2.33. The lowest BCUT2D eigenvalue weighted by molar-refractivity contribution is 0.403. The maximum atomic E-state index is 3.63. The second kappa shape index (κ2) is 5.82. The number of rotatable bonds is 1. The second-order valence-corrected chi connectivity index (χ2v) is 8.43. The fraction of sp³-hybridized carbons (Fsp3) is 0.429. The molecule has 2 nitrogen and oxygen atoms in total. The first-order chi connectivity index (χ1) is 11.8. The molecule has 1 N–H and O–H groups in total. The third kappa shape index (κ3) is 2.21. The maximum Gasteiger partial charge on any atom is 0.0544 e. The Morgan fingerprint density at radius 2 is 2.12 bits per heavy atom. The van der Waals surface area contributed by atoms with E-state index in [1.807, 2.05) is 0 Å². The number of hydrogen-bond acceptors (Lipinski definition) is 3. The fourth-order valence-corrected chi connectivity index (χ4v) is 5.85. The Kier molecular flexibility index (Phi) is 3.60. The Balaban J connectivity index is 1.70. The SMILES string of the molecule is Cc1ccccc1-c1cc2c3c(c1)[C@@H]1CNCC[C@@H]1N3CCCS2. The van der Waals surface area contributed by atoms with Crippen molar-refractivity contribution in [1.29, 1.82) is 0 Å². The molecule has 0 bridgehead atoms. The van der Waals surface area contributed by atoms with Gasteiger partial charge in [0, 0.05) is 29.9 Å². The van der Waals surface area contributed by atoms with Crippen LogP contribution >= 0.6 is 11.8 Å². The van der Waals surface area contributed by atoms with Gasteiger partial charge in [-0.3, -0.25) is 0 Å². The zero-order chi connectivity index (χ0) is 16.1. The van der Waals surface area contributed by atoms with Gasteiger partial charge in [0.05, 0.1) is 5.69 Å². The molecule has 2 aromatic rings. The molecule has 24 heavy (non-hydrogen) atoms. The highest BCUT2D eigenvalue weighted by atomic mass is 32.2. The van der Waals surface area contributed by atoms with Crippen molar-refractivity contribution in [3.05, 3.63) is 47.5 Å². The summed E-state index contributed by atoms with van der Waals surface area (Å²) in [6, 6.07) is 14.5. The molecular weight excluding hydrogens is 312 g/mol. The molecule has 1 saturated heterocycles. The summed E-state index contributed by atoms with van der Waals surface area (Å²) in [5.74, 6) is 1.91. The van der Waals surface area contributed by atoms with E-state index in [0.717, 1.165) is 6.54 Å². The predicted molar refractivity (Wildman–Crippen MR) is 103 cm³/mol. The normalized spacial score (nSPS) is 25.1. The molecule has 1 fully saturated rings. The molecular formula is C21H24N2S. The van der Waals surface area contributed by atoms with Crippen LogP contribution in [0.15, 0.2) is 41.3 Å². The predicted octanol–water partition coefficient (Wildman–Crippen LogP) is 4.42. The van der Waals surface area contributed by atoms with Crippen LogP contribution in [-0.4, -0.2) is 31.4 Å². The average molecular weight is 337 g/mol. The summed E-state index contributed by atoms with van der Waals surface area (Å²) < 4.78 is 0. The standard InChI is InChI=1S/C21H24N2S/c1-14-5-2-3-6-16(14)15-11-17-18-13-22-8-7-19(18)23-9-4-10-24-20(12-15)21(17)23/h2-3,5-6,11-12,18-19,22H,4,7-10,13H2,1H3/t18-,19-/m0/s1. The fourth-order valence-electron chi connectivity index (χ4n) is 4.78. The number of anilines is 1. The number of thioether (sulfide) groups is 1. The lowest BCUT2D eigenvalue weighted by atomic mass is 9.88. The van der Waals surface area contributed by atoms with Gasteiger partial charge in [0.25, 0.3) is 0 Å². The van der Waals surface area contributed by atoms with Gasteiger partial charge >= 0.3 is 0 Å². The van der Waals surface area contributed by atoms with Crippen molar-refractivity contribution in [2.75, 3.05) is 30.3 Å². The van der Waals surface area contributed by atoms with Gasteiger partial charge in [-0.05, 0) is 66.4 Å². The Bertz CT molecular complexity index is 785. The van der Waals surface area contributed by atoms with Crippen LogP contribution in [-0.2, 0) is 0 Å². The molecule has 0 aromatic heterocycles. The van der Waals surface area contributed by atoms with Crippen molar-refractivity contribution in [3.63, 3.8) is 0 Å². The van der Waals surface area contributed by atoms with Crippen LogP contribution < -0.4 is 10.2 Å². The van der Waals surface area contributed by atoms with Gasteiger partial charge in [-0.15, -0.1) is 11.8 Å². The molecule has 2 aromatic carbocycles. The third-order valence-electron chi connectivity index (χ3n) is 5.89. The molecule has 3 heteroatoms. The van der Waals surface area contributed by atoms with Crippen molar-refractivity contribution in [2.45, 2.75) is 36.6 Å². The summed E-state index contributed by atoms with van der Waals surface area (Å²) in [5.41, 5.74) is 7.32. The summed E-state index contributed by atoms with van der Waals surface area (Å²) in [5, 5.41) is 3.63. The van der Waals surface area contributed by atoms with Gasteiger partial charge < -0.3 is 10.2 Å². The monoisotopic (exact) mass is 336 g/mol. The van der Waals surface area contributed by atoms with E-state index in [2.05, 4.69) is 65.3 Å². The summed E-state index contributed by atoms with van der Waals surface area (Å²) in [6.07, 6.45) is 2.58. The van der Waals surface area contributed by atoms with Crippen molar-refractivity contribution in [1.82, 2.24) is 5.32 Å². The number of aryl methyl sites for hydroxylation is 1. The molecule has 2 atom stereocenters. The minimum atomic E-state index is 0.662. The van der Waals surface area contributed by atoms with E-state index in [1.54, 1.807) is 11.3 Å². The lowest BCUT2D eigenvalue weighted by Crippen LogP contribution is -2.44. The quantitative estimate of drug-likeness (QED) is 0.830. The molecule has 0 amide bonds. The van der Waals surface area contributed by atoms with Gasteiger partial charge in [-0.25, -0.2) is 0 Å². The first-order valence-corrected chi connectivity index (χ1v) is 10.2. The molecule has 3 heterocycles. The van der Waals surface area contributed by atoms with Gasteiger partial charge in [-0.1, -0.05) is 24.3 Å². The van der Waals surface area contributed by atoms with Crippen molar-refractivity contribution >= 4 is 17.4 Å². The van der Waals surface area contributed by atoms with Crippen LogP contribution in [0.25, 0.3) is 11.1 Å². The smallest absolute Gasteiger partial charge is 0.0544 e. The highest BCUT2D eigenvalue weighted by Gasteiger charge is 2.41. The van der Waals surface area contributed by atoms with Crippen LogP contribution in [0.5, 0.6) is 0 Å². The van der Waals surface area contributed by atoms with Crippen molar-refractivity contribution in [2.24, 2.45) is 0 Å². The Morgan fingerprint density at radius 1 is 1.21 bits per heavy atom. The highest BCUT2D eigenvalue weighted by Crippen LogP contribution is 2.51. The van der Waals surface area contributed by atoms with E-state index in [-0.39, 0.29) is 0 Å². The number of piperidine rings is 1. The minimum absolute atomic E-state index is 0.662. The Hall–Kier alpha value is -1.45.